The summed E-state index contributed by atoms with van der Waals surface area (Å²) in [5.41, 5.74) is 7.23. The van der Waals surface area contributed by atoms with Crippen molar-refractivity contribution in [1.29, 1.82) is 0 Å². The zero-order chi connectivity index (χ0) is 24.6. The minimum absolute atomic E-state index is 0.112. The minimum Gasteiger partial charge on any atom is -0.497 e. The molecule has 0 bridgehead atoms. The normalized spacial score (nSPS) is 12.0. The maximum atomic E-state index is 13.2. The third kappa shape index (κ3) is 4.75. The number of hydrogen-bond acceptors (Lipinski definition) is 8. The van der Waals surface area contributed by atoms with E-state index in [1.54, 1.807) is 31.4 Å². The first-order valence-corrected chi connectivity index (χ1v) is 11.9. The predicted octanol–water partition coefficient (Wildman–Crippen LogP) is 6.36. The molecule has 0 aliphatic carbocycles. The third-order valence-corrected chi connectivity index (χ3v) is 6.74. The number of nitrogens with zero attached hydrogens (tertiary/aromatic N) is 5. The molecule has 0 aliphatic heterocycles. The van der Waals surface area contributed by atoms with E-state index in [1.807, 2.05) is 36.6 Å². The van der Waals surface area contributed by atoms with Gasteiger partial charge in [0.2, 0.25) is 15.1 Å². The van der Waals surface area contributed by atoms with Crippen LogP contribution in [0.5, 0.6) is 5.75 Å². The van der Waals surface area contributed by atoms with Crippen LogP contribution in [0.25, 0.3) is 27.5 Å². The van der Waals surface area contributed by atoms with Crippen molar-refractivity contribution in [3.05, 3.63) is 70.2 Å². The fraction of sp³-hybridized carbons (Fsp3) is 0.130. The smallest absolute Gasteiger partial charge is 0.445 e. The second-order valence-electron chi connectivity index (χ2n) is 7.45. The highest BCUT2D eigenvalue weighted by Crippen LogP contribution is 2.35. The van der Waals surface area contributed by atoms with E-state index in [2.05, 4.69) is 25.6 Å². The van der Waals surface area contributed by atoms with Crippen LogP contribution in [-0.4, -0.2) is 32.9 Å². The van der Waals surface area contributed by atoms with Gasteiger partial charge < -0.3 is 4.74 Å². The van der Waals surface area contributed by atoms with Gasteiger partial charge in [0.25, 0.3) is 0 Å². The second kappa shape index (κ2) is 9.12. The van der Waals surface area contributed by atoms with Crippen molar-refractivity contribution in [2.45, 2.75) is 13.1 Å². The molecular weight excluding hydrogens is 497 g/mol. The Morgan fingerprint density at radius 3 is 2.43 bits per heavy atom. The van der Waals surface area contributed by atoms with Gasteiger partial charge in [0.15, 0.2) is 0 Å². The van der Waals surface area contributed by atoms with E-state index in [-0.39, 0.29) is 4.96 Å². The number of anilines is 1. The Morgan fingerprint density at radius 1 is 1.03 bits per heavy atom. The Kier molecular flexibility index (Phi) is 5.99. The molecule has 7 nitrogen and oxygen atoms in total. The van der Waals surface area contributed by atoms with Gasteiger partial charge in [-0.2, -0.15) is 18.3 Å². The molecule has 5 aromatic rings. The van der Waals surface area contributed by atoms with Crippen molar-refractivity contribution in [1.82, 2.24) is 19.6 Å². The van der Waals surface area contributed by atoms with Crippen molar-refractivity contribution in [2.24, 2.45) is 5.10 Å². The Balaban J connectivity index is 1.46. The summed E-state index contributed by atoms with van der Waals surface area (Å²) in [5, 5.41) is 9.41. The van der Waals surface area contributed by atoms with Crippen LogP contribution in [-0.2, 0) is 6.18 Å². The molecule has 0 saturated carbocycles. The first-order valence-electron chi connectivity index (χ1n) is 10.2. The van der Waals surface area contributed by atoms with Crippen LogP contribution in [0.1, 0.15) is 16.3 Å². The molecule has 0 fully saturated rings. The highest BCUT2D eigenvalue weighted by Gasteiger charge is 2.36. The van der Waals surface area contributed by atoms with Crippen LogP contribution in [0.2, 0.25) is 0 Å². The molecule has 5 rings (SSSR count). The number of aromatic nitrogens is 4. The number of methoxy groups -OCH3 is 1. The summed E-state index contributed by atoms with van der Waals surface area (Å²) < 4.78 is 46.0. The number of hydrazone groups is 1. The Morgan fingerprint density at radius 2 is 1.74 bits per heavy atom. The first-order chi connectivity index (χ1) is 16.8. The molecule has 35 heavy (non-hydrogen) atoms. The molecule has 0 unspecified atom stereocenters. The van der Waals surface area contributed by atoms with Gasteiger partial charge in [0.1, 0.15) is 17.1 Å². The lowest BCUT2D eigenvalue weighted by molar-refractivity contribution is -0.138. The average molecular weight is 515 g/mol. The van der Waals surface area contributed by atoms with Crippen LogP contribution in [0.4, 0.5) is 18.3 Å². The summed E-state index contributed by atoms with van der Waals surface area (Å²) in [6, 6.07) is 15.0. The molecule has 0 atom stereocenters. The largest absolute Gasteiger partial charge is 0.497 e. The van der Waals surface area contributed by atoms with Gasteiger partial charge >= 0.3 is 6.18 Å². The van der Waals surface area contributed by atoms with Crippen molar-refractivity contribution < 1.29 is 17.9 Å². The number of nitrogens with one attached hydrogen (secondary N) is 1. The molecule has 0 saturated heterocycles. The second-order valence-corrected chi connectivity index (χ2v) is 9.26. The molecule has 0 aliphatic rings. The van der Waals surface area contributed by atoms with Crippen LogP contribution in [0, 0.1) is 6.92 Å². The van der Waals surface area contributed by atoms with Gasteiger partial charge in [-0.05, 0) is 31.2 Å². The van der Waals surface area contributed by atoms with Crippen LogP contribution in [0.15, 0.2) is 59.0 Å². The van der Waals surface area contributed by atoms with Gasteiger partial charge in [-0.25, -0.2) is 14.5 Å². The quantitative estimate of drug-likeness (QED) is 0.211. The maximum Gasteiger partial charge on any atom is 0.445 e. The Hall–Kier alpha value is -3.77. The number of alkyl halides is 3. The van der Waals surface area contributed by atoms with E-state index >= 15 is 0 Å². The van der Waals surface area contributed by atoms with Crippen molar-refractivity contribution in [3.63, 3.8) is 0 Å². The minimum atomic E-state index is -4.56. The standard InChI is InChI=1S/C23H17F3N6OS2/c1-13-3-5-14(6-4-13)17-12-34-21(28-17)30-27-11-18-19(15-7-9-16(33-2)10-8-15)29-22-32(18)31-20(35-22)23(24,25)26/h3-12H,1-2H3,(H,28,30)/b27-11+. The van der Waals surface area contributed by atoms with Gasteiger partial charge in [0.05, 0.1) is 19.0 Å². The van der Waals surface area contributed by atoms with Crippen molar-refractivity contribution >= 4 is 39.0 Å². The molecule has 3 heterocycles. The number of aryl methyl sites for hydroxylation is 1. The molecule has 1 N–H and O–H groups in total. The van der Waals surface area contributed by atoms with E-state index in [4.69, 9.17) is 4.74 Å². The molecule has 0 amide bonds. The monoisotopic (exact) mass is 514 g/mol. The number of benzene rings is 2. The zero-order valence-electron chi connectivity index (χ0n) is 18.4. The van der Waals surface area contributed by atoms with E-state index in [9.17, 15) is 13.2 Å². The lowest BCUT2D eigenvalue weighted by Gasteiger charge is -2.03. The van der Waals surface area contributed by atoms with E-state index in [0.717, 1.165) is 21.3 Å². The highest BCUT2D eigenvalue weighted by atomic mass is 32.1. The lowest BCUT2D eigenvalue weighted by Crippen LogP contribution is -2.06. The Labute approximate surface area is 205 Å². The molecule has 2 aromatic carbocycles. The average Bonchev–Trinajstić information content (AvgIpc) is 3.55. The van der Waals surface area contributed by atoms with Crippen LogP contribution >= 0.6 is 22.7 Å². The van der Waals surface area contributed by atoms with Crippen LogP contribution in [0.3, 0.4) is 0 Å². The summed E-state index contributed by atoms with van der Waals surface area (Å²) in [7, 11) is 1.55. The summed E-state index contributed by atoms with van der Waals surface area (Å²) in [6.45, 7) is 2.01. The number of halogens is 3. The molecule has 0 spiro atoms. The zero-order valence-corrected chi connectivity index (χ0v) is 20.0. The van der Waals surface area contributed by atoms with Gasteiger partial charge in [-0.1, -0.05) is 41.2 Å². The molecular formula is C23H17F3N6OS2. The third-order valence-electron chi connectivity index (χ3n) is 5.04. The van der Waals surface area contributed by atoms with E-state index in [1.165, 1.54) is 17.6 Å². The van der Waals surface area contributed by atoms with Crippen molar-refractivity contribution in [2.75, 3.05) is 12.5 Å². The van der Waals surface area contributed by atoms with Gasteiger partial charge in [-0.3, -0.25) is 5.43 Å². The fourth-order valence-corrected chi connectivity index (χ4v) is 4.73. The van der Waals surface area contributed by atoms with Crippen molar-refractivity contribution in [3.8, 4) is 28.3 Å². The van der Waals surface area contributed by atoms with E-state index < -0.39 is 11.2 Å². The molecule has 0 radical (unpaired) electrons. The number of imidazole rings is 1. The maximum absolute atomic E-state index is 13.2. The fourth-order valence-electron chi connectivity index (χ4n) is 3.29. The number of fused-ring (bicyclic) bond motifs is 1. The molecule has 178 valence electrons. The summed E-state index contributed by atoms with van der Waals surface area (Å²) in [6.07, 6.45) is -3.17. The first kappa shape index (κ1) is 23.0. The number of ether oxygens (including phenoxy) is 1. The van der Waals surface area contributed by atoms with Crippen LogP contribution < -0.4 is 10.2 Å². The topological polar surface area (TPSA) is 76.7 Å². The van der Waals surface area contributed by atoms with Gasteiger partial charge in [-0.15, -0.1) is 16.4 Å². The molecule has 3 aromatic heterocycles. The number of thiazole rings is 1. The Bertz CT molecular complexity index is 1500. The highest BCUT2D eigenvalue weighted by molar-refractivity contribution is 7.16. The lowest BCUT2D eigenvalue weighted by atomic mass is 10.1. The summed E-state index contributed by atoms with van der Waals surface area (Å²) >= 11 is 1.84. The number of hydrogen-bond donors (Lipinski definition) is 1. The van der Waals surface area contributed by atoms with E-state index in [0.29, 0.717) is 39.2 Å². The van der Waals surface area contributed by atoms with Gasteiger partial charge in [0, 0.05) is 16.5 Å². The predicted molar refractivity (Wildman–Crippen MR) is 131 cm³/mol. The summed E-state index contributed by atoms with van der Waals surface area (Å²) in [4.78, 5) is 9.03. The summed E-state index contributed by atoms with van der Waals surface area (Å²) in [5.74, 6) is 0.650. The number of rotatable bonds is 6. The molecule has 12 heteroatoms. The SMILES string of the molecule is COc1ccc(-c2nc3sc(C(F)(F)F)nn3c2/C=N/Nc2nc(-c3ccc(C)cc3)cs2)cc1.